The van der Waals surface area contributed by atoms with E-state index in [-0.39, 0.29) is 17.8 Å². The van der Waals surface area contributed by atoms with Crippen LogP contribution in [0.3, 0.4) is 0 Å². The minimum absolute atomic E-state index is 0.00341. The van der Waals surface area contributed by atoms with Crippen molar-refractivity contribution in [1.82, 2.24) is 30.0 Å². The average molecular weight is 404 g/mol. The molecule has 0 spiro atoms. The molecule has 1 fully saturated rings. The Morgan fingerprint density at radius 3 is 2.54 bits per heavy atom. The van der Waals surface area contributed by atoms with Gasteiger partial charge in [0.25, 0.3) is 0 Å². The molecule has 3 rings (SSSR count). The van der Waals surface area contributed by atoms with Gasteiger partial charge >= 0.3 is 6.09 Å². The molecule has 1 aromatic carbocycles. The van der Waals surface area contributed by atoms with Crippen LogP contribution in [0, 0.1) is 13.8 Å². The van der Waals surface area contributed by atoms with Crippen molar-refractivity contribution in [2.24, 2.45) is 0 Å². The standard InChI is InChI=1S/C18H24N6O3S/c1-4-27-18(26)23-9-7-22(8-10-23)16(25)12-28-17-19-20-21-24(17)15-6-5-13(2)11-14(15)3/h5-6,11H,4,7-10,12H2,1-3H3. The fraction of sp³-hybridized carbons (Fsp3) is 0.500. The second-order valence-corrected chi connectivity index (χ2v) is 7.46. The third kappa shape index (κ3) is 4.61. The van der Waals surface area contributed by atoms with Crippen LogP contribution in [-0.2, 0) is 9.53 Å². The van der Waals surface area contributed by atoms with Crippen molar-refractivity contribution in [3.63, 3.8) is 0 Å². The quantitative estimate of drug-likeness (QED) is 0.700. The van der Waals surface area contributed by atoms with E-state index in [1.54, 1.807) is 21.4 Å². The molecule has 0 saturated carbocycles. The van der Waals surface area contributed by atoms with E-state index >= 15 is 0 Å². The van der Waals surface area contributed by atoms with Gasteiger partial charge in [-0.25, -0.2) is 4.79 Å². The van der Waals surface area contributed by atoms with Gasteiger partial charge in [-0.3, -0.25) is 4.79 Å². The maximum absolute atomic E-state index is 12.5. The molecule has 2 heterocycles. The number of carbonyl (C=O) groups is 2. The Labute approximate surface area is 168 Å². The number of ether oxygens (including phenoxy) is 1. The summed E-state index contributed by atoms with van der Waals surface area (Å²) in [6.07, 6.45) is -0.323. The molecule has 150 valence electrons. The first-order valence-corrected chi connectivity index (χ1v) is 10.2. The van der Waals surface area contributed by atoms with Gasteiger partial charge in [0.2, 0.25) is 11.1 Å². The van der Waals surface area contributed by atoms with E-state index in [0.29, 0.717) is 37.9 Å². The van der Waals surface area contributed by atoms with Gasteiger partial charge in [0.1, 0.15) is 0 Å². The molecule has 2 amide bonds. The Kier molecular flexibility index (Phi) is 6.50. The molecule has 0 aliphatic carbocycles. The Hall–Kier alpha value is -2.62. The fourth-order valence-corrected chi connectivity index (χ4v) is 3.82. The number of hydrogen-bond acceptors (Lipinski definition) is 7. The fourth-order valence-electron chi connectivity index (χ4n) is 3.03. The summed E-state index contributed by atoms with van der Waals surface area (Å²) < 4.78 is 6.66. The zero-order valence-electron chi connectivity index (χ0n) is 16.3. The highest BCUT2D eigenvalue weighted by atomic mass is 32.2. The van der Waals surface area contributed by atoms with E-state index in [4.69, 9.17) is 4.74 Å². The van der Waals surface area contributed by atoms with Gasteiger partial charge in [0.05, 0.1) is 18.0 Å². The second-order valence-electron chi connectivity index (χ2n) is 6.52. The van der Waals surface area contributed by atoms with E-state index in [1.807, 2.05) is 26.0 Å². The summed E-state index contributed by atoms with van der Waals surface area (Å²) >= 11 is 1.31. The first-order valence-electron chi connectivity index (χ1n) is 9.18. The van der Waals surface area contributed by atoms with E-state index in [9.17, 15) is 9.59 Å². The number of aromatic nitrogens is 4. The lowest BCUT2D eigenvalue weighted by Crippen LogP contribution is -2.51. The van der Waals surface area contributed by atoms with Crippen LogP contribution in [0.4, 0.5) is 4.79 Å². The molecule has 28 heavy (non-hydrogen) atoms. The number of rotatable bonds is 5. The van der Waals surface area contributed by atoms with Crippen molar-refractivity contribution in [1.29, 1.82) is 0 Å². The first-order chi connectivity index (χ1) is 13.5. The smallest absolute Gasteiger partial charge is 0.409 e. The molecular formula is C18H24N6O3S. The summed E-state index contributed by atoms with van der Waals surface area (Å²) in [6, 6.07) is 6.05. The third-order valence-corrected chi connectivity index (χ3v) is 5.41. The van der Waals surface area contributed by atoms with Crippen LogP contribution in [0.15, 0.2) is 23.4 Å². The van der Waals surface area contributed by atoms with Gasteiger partial charge in [-0.15, -0.1) is 5.10 Å². The largest absolute Gasteiger partial charge is 0.450 e. The molecule has 1 aliphatic rings. The average Bonchev–Trinajstić information content (AvgIpc) is 3.14. The molecule has 0 unspecified atom stereocenters. The van der Waals surface area contributed by atoms with Crippen LogP contribution >= 0.6 is 11.8 Å². The van der Waals surface area contributed by atoms with Crippen LogP contribution in [0.5, 0.6) is 0 Å². The second kappa shape index (κ2) is 9.05. The molecular weight excluding hydrogens is 380 g/mol. The highest BCUT2D eigenvalue weighted by Gasteiger charge is 2.25. The van der Waals surface area contributed by atoms with E-state index in [2.05, 4.69) is 21.6 Å². The number of hydrogen-bond donors (Lipinski definition) is 0. The summed E-state index contributed by atoms with van der Waals surface area (Å²) in [5, 5.41) is 12.5. The SMILES string of the molecule is CCOC(=O)N1CCN(C(=O)CSc2nnnn2-c2ccc(C)cc2C)CC1. The lowest BCUT2D eigenvalue weighted by molar-refractivity contribution is -0.129. The van der Waals surface area contributed by atoms with Crippen molar-refractivity contribution in [2.45, 2.75) is 25.9 Å². The minimum Gasteiger partial charge on any atom is -0.450 e. The molecule has 1 saturated heterocycles. The minimum atomic E-state index is -0.323. The van der Waals surface area contributed by atoms with E-state index in [1.165, 1.54) is 17.3 Å². The zero-order valence-corrected chi connectivity index (χ0v) is 17.1. The van der Waals surface area contributed by atoms with Gasteiger partial charge in [-0.05, 0) is 42.8 Å². The summed E-state index contributed by atoms with van der Waals surface area (Å²) in [7, 11) is 0. The number of amides is 2. The molecule has 0 N–H and O–H groups in total. The Bertz CT molecular complexity index is 848. The Morgan fingerprint density at radius 1 is 1.14 bits per heavy atom. The summed E-state index contributed by atoms with van der Waals surface area (Å²) in [4.78, 5) is 27.7. The molecule has 0 atom stereocenters. The van der Waals surface area contributed by atoms with Crippen LogP contribution in [0.1, 0.15) is 18.1 Å². The Balaban J connectivity index is 1.56. The van der Waals surface area contributed by atoms with E-state index < -0.39 is 0 Å². The predicted octanol–water partition coefficient (Wildman–Crippen LogP) is 1.67. The monoisotopic (exact) mass is 404 g/mol. The number of nitrogens with zero attached hydrogens (tertiary/aromatic N) is 6. The first kappa shape index (κ1) is 20.1. The molecule has 2 aromatic rings. The number of benzene rings is 1. The van der Waals surface area contributed by atoms with Gasteiger partial charge in [-0.2, -0.15) is 4.68 Å². The van der Waals surface area contributed by atoms with E-state index in [0.717, 1.165) is 11.3 Å². The molecule has 1 aliphatic heterocycles. The van der Waals surface area contributed by atoms with Crippen molar-refractivity contribution in [3.05, 3.63) is 29.3 Å². The lowest BCUT2D eigenvalue weighted by atomic mass is 10.1. The van der Waals surface area contributed by atoms with Crippen molar-refractivity contribution < 1.29 is 14.3 Å². The predicted molar refractivity (Wildman–Crippen MR) is 105 cm³/mol. The molecule has 0 bridgehead atoms. The van der Waals surface area contributed by atoms with Gasteiger partial charge in [0, 0.05) is 26.2 Å². The van der Waals surface area contributed by atoms with Crippen molar-refractivity contribution in [3.8, 4) is 5.69 Å². The molecule has 10 heteroatoms. The molecule has 0 radical (unpaired) electrons. The van der Waals surface area contributed by atoms with Gasteiger partial charge in [-0.1, -0.05) is 29.5 Å². The lowest BCUT2D eigenvalue weighted by Gasteiger charge is -2.34. The number of tetrazole rings is 1. The normalized spacial score (nSPS) is 14.2. The maximum atomic E-state index is 12.5. The molecule has 1 aromatic heterocycles. The van der Waals surface area contributed by atoms with Crippen LogP contribution in [0.2, 0.25) is 0 Å². The number of aryl methyl sites for hydroxylation is 2. The maximum Gasteiger partial charge on any atom is 0.409 e. The summed E-state index contributed by atoms with van der Waals surface area (Å²) in [6.45, 7) is 8.13. The Morgan fingerprint density at radius 2 is 1.86 bits per heavy atom. The molecule has 9 nitrogen and oxygen atoms in total. The highest BCUT2D eigenvalue weighted by Crippen LogP contribution is 2.22. The van der Waals surface area contributed by atoms with Gasteiger partial charge < -0.3 is 14.5 Å². The summed E-state index contributed by atoms with van der Waals surface area (Å²) in [5.74, 6) is 0.244. The van der Waals surface area contributed by atoms with Crippen molar-refractivity contribution >= 4 is 23.8 Å². The van der Waals surface area contributed by atoms with Gasteiger partial charge in [0.15, 0.2) is 0 Å². The number of carbonyl (C=O) groups excluding carboxylic acids is 2. The van der Waals surface area contributed by atoms with Crippen LogP contribution in [0.25, 0.3) is 5.69 Å². The summed E-state index contributed by atoms with van der Waals surface area (Å²) in [5.41, 5.74) is 3.13. The van der Waals surface area contributed by atoms with Crippen LogP contribution in [-0.4, -0.2) is 80.5 Å². The number of piperazine rings is 1. The number of thioether (sulfide) groups is 1. The third-order valence-electron chi connectivity index (χ3n) is 4.50. The zero-order chi connectivity index (χ0) is 20.1. The highest BCUT2D eigenvalue weighted by molar-refractivity contribution is 7.99. The van der Waals surface area contributed by atoms with Crippen LogP contribution < -0.4 is 0 Å². The van der Waals surface area contributed by atoms with Crippen molar-refractivity contribution in [2.75, 3.05) is 38.5 Å². The topological polar surface area (TPSA) is 93.4 Å².